The van der Waals surface area contributed by atoms with E-state index in [1.54, 1.807) is 0 Å². The van der Waals surface area contributed by atoms with E-state index in [2.05, 4.69) is 4.72 Å². The zero-order chi connectivity index (χ0) is 13.6. The smallest absolute Gasteiger partial charge is 0.212 e. The summed E-state index contributed by atoms with van der Waals surface area (Å²) in [7, 11) is -3.36. The molecule has 4 nitrogen and oxygen atoms in total. The van der Waals surface area contributed by atoms with Gasteiger partial charge in [0.05, 0.1) is 12.4 Å². The van der Waals surface area contributed by atoms with Crippen molar-refractivity contribution >= 4 is 10.0 Å². The molecule has 1 rings (SSSR count). The van der Waals surface area contributed by atoms with E-state index in [-0.39, 0.29) is 18.3 Å². The molecular weight excluding hydrogens is 250 g/mol. The molecule has 0 aromatic heterocycles. The predicted molar refractivity (Wildman–Crippen MR) is 72.9 cm³/mol. The molecule has 2 N–H and O–H groups in total. The predicted octanol–water partition coefficient (Wildman–Crippen LogP) is 1.48. The molecule has 0 aliphatic rings. The van der Waals surface area contributed by atoms with Crippen molar-refractivity contribution in [3.05, 3.63) is 35.9 Å². The van der Waals surface area contributed by atoms with Crippen LogP contribution in [-0.4, -0.2) is 31.9 Å². The van der Waals surface area contributed by atoms with Gasteiger partial charge in [-0.3, -0.25) is 0 Å². The number of aliphatic hydroxyl groups is 1. The number of sulfonamides is 1. The average molecular weight is 271 g/mol. The van der Waals surface area contributed by atoms with Crippen LogP contribution < -0.4 is 4.72 Å². The minimum absolute atomic E-state index is 0.0352. The Hall–Kier alpha value is -0.910. The van der Waals surface area contributed by atoms with E-state index >= 15 is 0 Å². The minimum atomic E-state index is -3.36. The zero-order valence-corrected chi connectivity index (χ0v) is 11.7. The highest BCUT2D eigenvalue weighted by atomic mass is 32.2. The van der Waals surface area contributed by atoms with E-state index in [9.17, 15) is 8.42 Å². The van der Waals surface area contributed by atoms with Gasteiger partial charge in [0, 0.05) is 6.04 Å². The maximum atomic E-state index is 11.9. The van der Waals surface area contributed by atoms with Gasteiger partial charge >= 0.3 is 0 Å². The van der Waals surface area contributed by atoms with Gasteiger partial charge in [-0.15, -0.1) is 0 Å². The monoisotopic (exact) mass is 271 g/mol. The molecule has 2 unspecified atom stereocenters. The molecule has 0 amide bonds. The number of nitrogens with one attached hydrogen (secondary N) is 1. The van der Waals surface area contributed by atoms with Crippen molar-refractivity contribution in [2.24, 2.45) is 0 Å². The number of hydrogen-bond acceptors (Lipinski definition) is 3. The van der Waals surface area contributed by atoms with Gasteiger partial charge in [0.25, 0.3) is 0 Å². The highest BCUT2D eigenvalue weighted by molar-refractivity contribution is 7.89. The Morgan fingerprint density at radius 1 is 1.28 bits per heavy atom. The van der Waals surface area contributed by atoms with E-state index in [1.807, 2.05) is 44.2 Å². The fourth-order valence-electron chi connectivity index (χ4n) is 1.76. The lowest BCUT2D eigenvalue weighted by Crippen LogP contribution is -2.39. The number of hydrogen-bond donors (Lipinski definition) is 2. The molecular formula is C13H21NO3S. The first-order valence-corrected chi connectivity index (χ1v) is 7.79. The molecule has 0 saturated heterocycles. The number of benzene rings is 1. The van der Waals surface area contributed by atoms with Gasteiger partial charge in [-0.05, 0) is 17.9 Å². The van der Waals surface area contributed by atoms with Crippen molar-refractivity contribution in [3.63, 3.8) is 0 Å². The second-order valence-corrected chi connectivity index (χ2v) is 6.30. The van der Waals surface area contributed by atoms with Crippen molar-refractivity contribution in [2.45, 2.75) is 32.2 Å². The molecule has 0 bridgehead atoms. The molecule has 0 radical (unpaired) electrons. The fraction of sp³-hybridized carbons (Fsp3) is 0.538. The summed E-state index contributed by atoms with van der Waals surface area (Å²) in [5.74, 6) is -0.0343. The first-order chi connectivity index (χ1) is 8.48. The average Bonchev–Trinajstić information content (AvgIpc) is 2.36. The highest BCUT2D eigenvalue weighted by Gasteiger charge is 2.19. The second-order valence-electron chi connectivity index (χ2n) is 4.50. The number of rotatable bonds is 7. The van der Waals surface area contributed by atoms with E-state index in [0.29, 0.717) is 6.42 Å². The third-order valence-electron chi connectivity index (χ3n) is 2.90. The van der Waals surface area contributed by atoms with E-state index in [1.165, 1.54) is 0 Å². The highest BCUT2D eigenvalue weighted by Crippen LogP contribution is 2.16. The molecule has 5 heteroatoms. The second kappa shape index (κ2) is 6.87. The van der Waals surface area contributed by atoms with Crippen LogP contribution in [0.25, 0.3) is 0 Å². The van der Waals surface area contributed by atoms with E-state index < -0.39 is 16.1 Å². The molecule has 2 atom stereocenters. The molecule has 0 aliphatic heterocycles. The van der Waals surface area contributed by atoms with Gasteiger partial charge in [0.15, 0.2) is 0 Å². The Morgan fingerprint density at radius 2 is 1.89 bits per heavy atom. The van der Waals surface area contributed by atoms with Gasteiger partial charge in [-0.25, -0.2) is 13.1 Å². The lowest BCUT2D eigenvalue weighted by atomic mass is 10.0. The maximum absolute atomic E-state index is 11.9. The lowest BCUT2D eigenvalue weighted by molar-refractivity contribution is 0.253. The van der Waals surface area contributed by atoms with Crippen LogP contribution in [0.1, 0.15) is 31.7 Å². The van der Waals surface area contributed by atoms with Crippen LogP contribution in [0, 0.1) is 0 Å². The van der Waals surface area contributed by atoms with Gasteiger partial charge in [-0.1, -0.05) is 44.2 Å². The molecule has 1 aromatic carbocycles. The summed E-state index contributed by atoms with van der Waals surface area (Å²) in [6.45, 7) is 3.55. The topological polar surface area (TPSA) is 66.4 Å². The summed E-state index contributed by atoms with van der Waals surface area (Å²) in [5.41, 5.74) is 1.000. The molecule has 0 aliphatic carbocycles. The van der Waals surface area contributed by atoms with Crippen LogP contribution in [0.2, 0.25) is 0 Å². The van der Waals surface area contributed by atoms with Crippen molar-refractivity contribution in [1.29, 1.82) is 0 Å². The van der Waals surface area contributed by atoms with Gasteiger partial charge < -0.3 is 5.11 Å². The third kappa shape index (κ3) is 4.76. The summed E-state index contributed by atoms with van der Waals surface area (Å²) in [5, 5.41) is 9.01. The van der Waals surface area contributed by atoms with Gasteiger partial charge in [-0.2, -0.15) is 0 Å². The summed E-state index contributed by atoms with van der Waals surface area (Å²) in [6.07, 6.45) is 0.579. The van der Waals surface area contributed by atoms with E-state index in [4.69, 9.17) is 5.11 Å². The quantitative estimate of drug-likeness (QED) is 0.789. The van der Waals surface area contributed by atoms with Gasteiger partial charge in [0.1, 0.15) is 0 Å². The molecule has 18 heavy (non-hydrogen) atoms. The summed E-state index contributed by atoms with van der Waals surface area (Å²) >= 11 is 0. The van der Waals surface area contributed by atoms with Crippen molar-refractivity contribution in [2.75, 3.05) is 12.4 Å². The Kier molecular flexibility index (Phi) is 5.78. The van der Waals surface area contributed by atoms with Crippen molar-refractivity contribution in [1.82, 2.24) is 4.72 Å². The van der Waals surface area contributed by atoms with Crippen LogP contribution in [-0.2, 0) is 10.0 Å². The lowest BCUT2D eigenvalue weighted by Gasteiger charge is -2.17. The maximum Gasteiger partial charge on any atom is 0.212 e. The summed E-state index contributed by atoms with van der Waals surface area (Å²) in [6, 6.07) is 9.15. The first-order valence-electron chi connectivity index (χ1n) is 6.14. The van der Waals surface area contributed by atoms with E-state index in [0.717, 1.165) is 5.56 Å². The molecule has 0 fully saturated rings. The molecule has 102 valence electrons. The summed E-state index contributed by atoms with van der Waals surface area (Å²) < 4.78 is 26.4. The van der Waals surface area contributed by atoms with Crippen molar-refractivity contribution < 1.29 is 13.5 Å². The van der Waals surface area contributed by atoms with Crippen LogP contribution >= 0.6 is 0 Å². The SMILES string of the molecule is CCC(CO)NS(=O)(=O)CC(C)c1ccccc1. The zero-order valence-electron chi connectivity index (χ0n) is 10.8. The Labute approximate surface area is 109 Å². The van der Waals surface area contributed by atoms with Crippen LogP contribution in [0.3, 0.4) is 0 Å². The van der Waals surface area contributed by atoms with Gasteiger partial charge in [0.2, 0.25) is 10.0 Å². The van der Waals surface area contributed by atoms with Crippen LogP contribution in [0.15, 0.2) is 30.3 Å². The summed E-state index contributed by atoms with van der Waals surface area (Å²) in [4.78, 5) is 0. The van der Waals surface area contributed by atoms with Crippen molar-refractivity contribution in [3.8, 4) is 0 Å². The molecule has 1 aromatic rings. The Bertz CT molecular complexity index is 441. The normalized spacial score (nSPS) is 15.3. The Balaban J connectivity index is 2.66. The minimum Gasteiger partial charge on any atom is -0.395 e. The molecule has 0 heterocycles. The number of aliphatic hydroxyl groups excluding tert-OH is 1. The molecule has 0 saturated carbocycles. The first kappa shape index (κ1) is 15.1. The Morgan fingerprint density at radius 3 is 2.39 bits per heavy atom. The molecule has 0 spiro atoms. The fourth-order valence-corrected chi connectivity index (χ4v) is 3.45. The largest absolute Gasteiger partial charge is 0.395 e. The van der Waals surface area contributed by atoms with Crippen LogP contribution in [0.5, 0.6) is 0 Å². The standard InChI is InChI=1S/C13H21NO3S/c1-3-13(9-15)14-18(16,17)10-11(2)12-7-5-4-6-8-12/h4-8,11,13-15H,3,9-10H2,1-2H3. The third-order valence-corrected chi connectivity index (χ3v) is 4.53. The van der Waals surface area contributed by atoms with Crippen LogP contribution in [0.4, 0.5) is 0 Å².